The highest BCUT2D eigenvalue weighted by Crippen LogP contribution is 2.43. The molecule has 0 atom stereocenters. The summed E-state index contributed by atoms with van der Waals surface area (Å²) in [7, 11) is 2.17. The monoisotopic (exact) mass is 542 g/mol. The van der Waals surface area contributed by atoms with Crippen LogP contribution in [0.3, 0.4) is 0 Å². The molecule has 7 aromatic rings. The van der Waals surface area contributed by atoms with Crippen molar-refractivity contribution in [2.24, 2.45) is 7.05 Å². The zero-order valence-corrected chi connectivity index (χ0v) is 24.1. The molecule has 0 spiro atoms. The summed E-state index contributed by atoms with van der Waals surface area (Å²) in [5.41, 5.74) is 14.1. The molecular formula is C39H32N3+. The highest BCUT2D eigenvalue weighted by atomic mass is 15.2. The topological polar surface area (TPSA) is 21.7 Å². The number of aryl methyl sites for hydroxylation is 3. The van der Waals surface area contributed by atoms with E-state index in [0.29, 0.717) is 0 Å². The van der Waals surface area contributed by atoms with Crippen LogP contribution in [0.25, 0.3) is 61.5 Å². The Labute approximate surface area is 247 Å². The third-order valence-electron chi connectivity index (χ3n) is 8.22. The zero-order chi connectivity index (χ0) is 28.6. The Hall–Kier alpha value is -5.28. The molecule has 0 bridgehead atoms. The summed E-state index contributed by atoms with van der Waals surface area (Å²) in [6, 6.07) is 45.6. The number of imidazole rings is 1. The van der Waals surface area contributed by atoms with Gasteiger partial charge in [-0.3, -0.25) is 4.98 Å². The second-order valence-electron chi connectivity index (χ2n) is 10.9. The molecule has 0 N–H and O–H groups in total. The van der Waals surface area contributed by atoms with Crippen LogP contribution in [0.1, 0.15) is 11.1 Å². The maximum atomic E-state index is 4.58. The van der Waals surface area contributed by atoms with E-state index in [1.807, 2.05) is 12.4 Å². The van der Waals surface area contributed by atoms with Gasteiger partial charge in [-0.2, -0.15) is 4.57 Å². The van der Waals surface area contributed by atoms with Crippen molar-refractivity contribution < 1.29 is 4.57 Å². The standard InChI is InChI=1S/C39H32N3/c1-27-22-23-40-26-35(27)39-41(3)36-21-13-14-28(2)37(36)42(39)38-33(30-17-9-5-10-18-30)24-32(29-15-7-4-8-16-29)25-34(38)31-19-11-6-12-20-31/h4-26H,1-3H3/q+1. The molecule has 0 radical (unpaired) electrons. The van der Waals surface area contributed by atoms with Crippen LogP contribution >= 0.6 is 0 Å². The van der Waals surface area contributed by atoms with Gasteiger partial charge < -0.3 is 0 Å². The van der Waals surface area contributed by atoms with Crippen LogP contribution in [-0.4, -0.2) is 9.55 Å². The predicted molar refractivity (Wildman–Crippen MR) is 173 cm³/mol. The van der Waals surface area contributed by atoms with E-state index in [0.717, 1.165) is 17.1 Å². The highest BCUT2D eigenvalue weighted by molar-refractivity contribution is 5.94. The average Bonchev–Trinajstić information content (AvgIpc) is 3.34. The quantitative estimate of drug-likeness (QED) is 0.199. The second kappa shape index (κ2) is 10.6. The van der Waals surface area contributed by atoms with Crippen molar-refractivity contribution in [1.29, 1.82) is 0 Å². The van der Waals surface area contributed by atoms with Gasteiger partial charge in [-0.15, -0.1) is 0 Å². The van der Waals surface area contributed by atoms with E-state index in [1.165, 1.54) is 55.5 Å². The summed E-state index contributed by atoms with van der Waals surface area (Å²) in [4.78, 5) is 4.58. The lowest BCUT2D eigenvalue weighted by Crippen LogP contribution is -2.30. The minimum atomic E-state index is 1.10. The third kappa shape index (κ3) is 4.31. The van der Waals surface area contributed by atoms with E-state index in [2.05, 4.69) is 162 Å². The number of rotatable bonds is 5. The van der Waals surface area contributed by atoms with Crippen LogP contribution in [0.5, 0.6) is 0 Å². The van der Waals surface area contributed by atoms with E-state index in [4.69, 9.17) is 0 Å². The van der Waals surface area contributed by atoms with Gasteiger partial charge in [0, 0.05) is 29.1 Å². The molecule has 0 saturated heterocycles. The first kappa shape index (κ1) is 25.7. The molecule has 42 heavy (non-hydrogen) atoms. The fraction of sp³-hybridized carbons (Fsp3) is 0.0769. The SMILES string of the molecule is Cc1ccncc1-c1n(-c2c(-c3ccccc3)cc(-c3ccccc3)cc2-c2ccccc2)c2c(C)cccc2[n+]1C. The van der Waals surface area contributed by atoms with E-state index < -0.39 is 0 Å². The largest absolute Gasteiger partial charge is 0.296 e. The van der Waals surface area contributed by atoms with Gasteiger partial charge in [0.15, 0.2) is 11.0 Å². The number of pyridine rings is 1. The van der Waals surface area contributed by atoms with Crippen molar-refractivity contribution in [2.75, 3.05) is 0 Å². The minimum absolute atomic E-state index is 1.10. The maximum absolute atomic E-state index is 4.58. The van der Waals surface area contributed by atoms with Crippen LogP contribution in [0, 0.1) is 13.8 Å². The van der Waals surface area contributed by atoms with Crippen LogP contribution in [0.2, 0.25) is 0 Å². The molecule has 0 fully saturated rings. The zero-order valence-electron chi connectivity index (χ0n) is 24.1. The molecule has 3 heteroatoms. The molecule has 0 amide bonds. The van der Waals surface area contributed by atoms with Crippen LogP contribution in [0.15, 0.2) is 140 Å². The normalized spacial score (nSPS) is 11.2. The highest BCUT2D eigenvalue weighted by Gasteiger charge is 2.32. The van der Waals surface area contributed by atoms with Gasteiger partial charge in [0.1, 0.15) is 5.69 Å². The minimum Gasteiger partial charge on any atom is -0.264 e. The fourth-order valence-electron chi connectivity index (χ4n) is 6.14. The molecule has 0 aliphatic rings. The van der Waals surface area contributed by atoms with E-state index >= 15 is 0 Å². The van der Waals surface area contributed by atoms with Gasteiger partial charge >= 0.3 is 0 Å². The van der Waals surface area contributed by atoms with Crippen LogP contribution in [-0.2, 0) is 7.05 Å². The lowest BCUT2D eigenvalue weighted by atomic mass is 9.90. The Bertz CT molecular complexity index is 1980. The Morgan fingerprint density at radius 2 is 1.12 bits per heavy atom. The van der Waals surface area contributed by atoms with Gasteiger partial charge in [0.05, 0.1) is 12.6 Å². The Morgan fingerprint density at radius 1 is 0.548 bits per heavy atom. The molecule has 0 aliphatic heterocycles. The average molecular weight is 543 g/mol. The molecule has 5 aromatic carbocycles. The predicted octanol–water partition coefficient (Wildman–Crippen LogP) is 9.13. The number of hydrogen-bond donors (Lipinski definition) is 0. The molecule has 0 aliphatic carbocycles. The summed E-state index contributed by atoms with van der Waals surface area (Å²) in [5.74, 6) is 1.10. The summed E-state index contributed by atoms with van der Waals surface area (Å²) in [6.07, 6.45) is 3.87. The first-order valence-electron chi connectivity index (χ1n) is 14.4. The number of hydrogen-bond acceptors (Lipinski definition) is 1. The smallest absolute Gasteiger partial charge is 0.264 e. The van der Waals surface area contributed by atoms with Crippen molar-refractivity contribution in [2.45, 2.75) is 13.8 Å². The summed E-state index contributed by atoms with van der Waals surface area (Å²) >= 11 is 0. The Kier molecular flexibility index (Phi) is 6.48. The first-order chi connectivity index (χ1) is 20.6. The van der Waals surface area contributed by atoms with Gasteiger partial charge in [-0.1, -0.05) is 103 Å². The molecule has 0 saturated carbocycles. The van der Waals surface area contributed by atoms with Crippen molar-refractivity contribution in [1.82, 2.24) is 9.55 Å². The molecule has 2 aromatic heterocycles. The van der Waals surface area contributed by atoms with Gasteiger partial charge in [-0.05, 0) is 65.9 Å². The van der Waals surface area contributed by atoms with Crippen LogP contribution < -0.4 is 4.57 Å². The summed E-state index contributed by atoms with van der Waals surface area (Å²) in [5, 5.41) is 0. The van der Waals surface area contributed by atoms with Crippen molar-refractivity contribution in [3.05, 3.63) is 151 Å². The number of benzene rings is 5. The van der Waals surface area contributed by atoms with E-state index in [-0.39, 0.29) is 0 Å². The van der Waals surface area contributed by atoms with E-state index in [9.17, 15) is 0 Å². The molecule has 3 nitrogen and oxygen atoms in total. The lowest BCUT2D eigenvalue weighted by molar-refractivity contribution is -0.633. The van der Waals surface area contributed by atoms with Crippen molar-refractivity contribution in [3.63, 3.8) is 0 Å². The second-order valence-corrected chi connectivity index (χ2v) is 10.9. The Morgan fingerprint density at radius 3 is 1.69 bits per heavy atom. The van der Waals surface area contributed by atoms with Gasteiger partial charge in [0.25, 0.3) is 5.82 Å². The molecule has 7 rings (SSSR count). The van der Waals surface area contributed by atoms with E-state index in [1.54, 1.807) is 0 Å². The summed E-state index contributed by atoms with van der Waals surface area (Å²) in [6.45, 7) is 4.38. The van der Waals surface area contributed by atoms with Gasteiger partial charge in [0.2, 0.25) is 0 Å². The number of para-hydroxylation sites is 1. The number of nitrogens with zero attached hydrogens (tertiary/aromatic N) is 3. The molecular weight excluding hydrogens is 510 g/mol. The number of fused-ring (bicyclic) bond motifs is 1. The van der Waals surface area contributed by atoms with Gasteiger partial charge in [-0.25, -0.2) is 4.57 Å². The molecule has 202 valence electrons. The number of aromatic nitrogens is 3. The molecule has 0 unspecified atom stereocenters. The maximum Gasteiger partial charge on any atom is 0.296 e. The molecule has 2 heterocycles. The van der Waals surface area contributed by atoms with Crippen molar-refractivity contribution in [3.8, 4) is 50.5 Å². The summed E-state index contributed by atoms with van der Waals surface area (Å²) < 4.78 is 4.80. The third-order valence-corrected chi connectivity index (χ3v) is 8.22. The van der Waals surface area contributed by atoms with Crippen LogP contribution in [0.4, 0.5) is 0 Å². The fourth-order valence-corrected chi connectivity index (χ4v) is 6.14. The van der Waals surface area contributed by atoms with Crippen molar-refractivity contribution >= 4 is 11.0 Å². The Balaban J connectivity index is 1.71. The first-order valence-corrected chi connectivity index (χ1v) is 14.4. The lowest BCUT2D eigenvalue weighted by Gasteiger charge is -2.18.